The molecule has 0 aliphatic rings. The number of nitrogen functional groups attached to an aromatic ring is 1. The summed E-state index contributed by atoms with van der Waals surface area (Å²) in [7, 11) is 0. The molecule has 0 heterocycles. The summed E-state index contributed by atoms with van der Waals surface area (Å²) in [6, 6.07) is 7.66. The molecule has 1 rings (SSSR count). The summed E-state index contributed by atoms with van der Waals surface area (Å²) in [5, 5.41) is 10.7. The zero-order valence-electron chi connectivity index (χ0n) is 12.2. The van der Waals surface area contributed by atoms with Crippen molar-refractivity contribution < 1.29 is 5.11 Å². The van der Waals surface area contributed by atoms with Gasteiger partial charge in [-0.2, -0.15) is 0 Å². The fourth-order valence-corrected chi connectivity index (χ4v) is 2.56. The summed E-state index contributed by atoms with van der Waals surface area (Å²) in [5.74, 6) is -0.0327. The fraction of sp³-hybridized carbons (Fsp3) is 0.625. The van der Waals surface area contributed by atoms with E-state index < -0.39 is 5.60 Å². The zero-order chi connectivity index (χ0) is 14.3. The molecular weight excluding hydrogens is 236 g/mol. The van der Waals surface area contributed by atoms with E-state index in [0.717, 1.165) is 24.1 Å². The number of hydrogen-bond acceptors (Lipinski definition) is 3. The highest BCUT2D eigenvalue weighted by Crippen LogP contribution is 2.32. The first-order chi connectivity index (χ1) is 9.01. The normalized spacial score (nSPS) is 16.0. The van der Waals surface area contributed by atoms with Crippen LogP contribution in [0, 0.1) is 0 Å². The van der Waals surface area contributed by atoms with Crippen molar-refractivity contribution in [3.63, 3.8) is 0 Å². The summed E-state index contributed by atoms with van der Waals surface area (Å²) in [5.41, 5.74) is 12.6. The maximum Gasteiger partial charge on any atom is 0.0700 e. The summed E-state index contributed by atoms with van der Waals surface area (Å²) in [4.78, 5) is 0. The average molecular weight is 264 g/mol. The topological polar surface area (TPSA) is 72.3 Å². The Morgan fingerprint density at radius 3 is 2.32 bits per heavy atom. The van der Waals surface area contributed by atoms with Gasteiger partial charge < -0.3 is 16.6 Å². The van der Waals surface area contributed by atoms with Crippen LogP contribution in [0.4, 0.5) is 5.69 Å². The van der Waals surface area contributed by atoms with Crippen molar-refractivity contribution in [1.82, 2.24) is 0 Å². The Labute approximate surface area is 117 Å². The number of rotatable bonds is 8. The predicted octanol–water partition coefficient (Wildman–Crippen LogP) is 3.03. The number of unbranched alkanes of at least 4 members (excludes halogenated alkanes) is 3. The van der Waals surface area contributed by atoms with Gasteiger partial charge in [0.25, 0.3) is 0 Å². The van der Waals surface area contributed by atoms with Gasteiger partial charge in [0.1, 0.15) is 0 Å². The molecule has 0 aromatic heterocycles. The van der Waals surface area contributed by atoms with Gasteiger partial charge in [-0.25, -0.2) is 0 Å². The first-order valence-corrected chi connectivity index (χ1v) is 7.29. The first-order valence-electron chi connectivity index (χ1n) is 7.29. The molecule has 0 spiro atoms. The van der Waals surface area contributed by atoms with Crippen LogP contribution in [0.1, 0.15) is 57.4 Å². The van der Waals surface area contributed by atoms with Crippen molar-refractivity contribution in [2.45, 2.75) is 57.5 Å². The molecule has 0 fully saturated rings. The molecule has 2 atom stereocenters. The molecule has 0 aliphatic heterocycles. The van der Waals surface area contributed by atoms with E-state index in [1.807, 2.05) is 31.2 Å². The molecule has 0 aliphatic carbocycles. The van der Waals surface area contributed by atoms with Gasteiger partial charge in [0.05, 0.1) is 5.60 Å². The fourth-order valence-electron chi connectivity index (χ4n) is 2.56. The largest absolute Gasteiger partial charge is 0.399 e. The van der Waals surface area contributed by atoms with Crippen LogP contribution in [0.15, 0.2) is 24.3 Å². The van der Waals surface area contributed by atoms with Crippen LogP contribution in [0.2, 0.25) is 0 Å². The summed E-state index contributed by atoms with van der Waals surface area (Å²) >= 11 is 0. The van der Waals surface area contributed by atoms with Crippen LogP contribution >= 0.6 is 0 Å². The smallest absolute Gasteiger partial charge is 0.0700 e. The van der Waals surface area contributed by atoms with Gasteiger partial charge in [-0.1, -0.05) is 44.7 Å². The van der Waals surface area contributed by atoms with E-state index in [1.165, 1.54) is 19.3 Å². The second-order valence-electron chi connectivity index (χ2n) is 5.62. The minimum atomic E-state index is -0.751. The Bertz CT molecular complexity index is 360. The van der Waals surface area contributed by atoms with Crippen molar-refractivity contribution in [3.05, 3.63) is 29.8 Å². The van der Waals surface area contributed by atoms with Crippen molar-refractivity contribution in [2.75, 3.05) is 12.3 Å². The third-order valence-corrected chi connectivity index (χ3v) is 3.86. The van der Waals surface area contributed by atoms with Crippen LogP contribution in [0.25, 0.3) is 0 Å². The van der Waals surface area contributed by atoms with Crippen molar-refractivity contribution in [1.29, 1.82) is 0 Å². The van der Waals surface area contributed by atoms with Gasteiger partial charge in [-0.15, -0.1) is 0 Å². The Morgan fingerprint density at radius 1 is 1.16 bits per heavy atom. The molecule has 0 radical (unpaired) electrons. The monoisotopic (exact) mass is 264 g/mol. The van der Waals surface area contributed by atoms with E-state index in [-0.39, 0.29) is 5.92 Å². The van der Waals surface area contributed by atoms with Gasteiger partial charge in [0.15, 0.2) is 0 Å². The Kier molecular flexibility index (Phi) is 6.32. The van der Waals surface area contributed by atoms with E-state index in [1.54, 1.807) is 0 Å². The minimum absolute atomic E-state index is 0.0327. The Hall–Kier alpha value is -1.06. The molecule has 5 N–H and O–H groups in total. The lowest BCUT2D eigenvalue weighted by molar-refractivity contribution is 0.0220. The maximum absolute atomic E-state index is 10.7. The number of benzene rings is 1. The number of anilines is 1. The molecule has 0 saturated heterocycles. The lowest BCUT2D eigenvalue weighted by Crippen LogP contribution is -2.37. The molecule has 0 amide bonds. The van der Waals surface area contributed by atoms with Crippen LogP contribution in [-0.4, -0.2) is 17.3 Å². The highest BCUT2D eigenvalue weighted by Gasteiger charge is 2.31. The number of hydrogen-bond donors (Lipinski definition) is 3. The number of nitrogens with two attached hydrogens (primary N) is 2. The Morgan fingerprint density at radius 2 is 1.79 bits per heavy atom. The van der Waals surface area contributed by atoms with Gasteiger partial charge in [0, 0.05) is 18.2 Å². The molecular formula is C16H28N2O. The molecule has 3 nitrogen and oxygen atoms in total. The van der Waals surface area contributed by atoms with Crippen molar-refractivity contribution in [2.24, 2.45) is 5.73 Å². The lowest BCUT2D eigenvalue weighted by atomic mass is 9.80. The third-order valence-electron chi connectivity index (χ3n) is 3.86. The van der Waals surface area contributed by atoms with Gasteiger partial charge in [0.2, 0.25) is 0 Å². The predicted molar refractivity (Wildman–Crippen MR) is 82.0 cm³/mol. The summed E-state index contributed by atoms with van der Waals surface area (Å²) < 4.78 is 0. The maximum atomic E-state index is 10.7. The quantitative estimate of drug-likeness (QED) is 0.499. The third kappa shape index (κ3) is 4.84. The summed E-state index contributed by atoms with van der Waals surface area (Å²) in [6.07, 6.45) is 5.45. The second-order valence-corrected chi connectivity index (χ2v) is 5.62. The van der Waals surface area contributed by atoms with E-state index in [0.29, 0.717) is 6.54 Å². The first kappa shape index (κ1) is 16.0. The zero-order valence-corrected chi connectivity index (χ0v) is 12.2. The van der Waals surface area contributed by atoms with Crippen LogP contribution in [-0.2, 0) is 0 Å². The SMILES string of the molecule is CCCCCCC(C)(O)C(CN)c1ccc(N)cc1. The molecule has 0 bridgehead atoms. The Balaban J connectivity index is 2.68. The number of aliphatic hydroxyl groups is 1. The molecule has 19 heavy (non-hydrogen) atoms. The second kappa shape index (κ2) is 7.51. The van der Waals surface area contributed by atoms with Crippen LogP contribution in [0.5, 0.6) is 0 Å². The van der Waals surface area contributed by atoms with Crippen LogP contribution in [0.3, 0.4) is 0 Å². The molecule has 0 saturated carbocycles. The highest BCUT2D eigenvalue weighted by atomic mass is 16.3. The molecule has 2 unspecified atom stereocenters. The van der Waals surface area contributed by atoms with E-state index in [9.17, 15) is 5.11 Å². The molecule has 3 heteroatoms. The lowest BCUT2D eigenvalue weighted by Gasteiger charge is -2.33. The van der Waals surface area contributed by atoms with Gasteiger partial charge >= 0.3 is 0 Å². The van der Waals surface area contributed by atoms with E-state index >= 15 is 0 Å². The van der Waals surface area contributed by atoms with E-state index in [2.05, 4.69) is 6.92 Å². The van der Waals surface area contributed by atoms with Crippen LogP contribution < -0.4 is 11.5 Å². The van der Waals surface area contributed by atoms with Gasteiger partial charge in [-0.05, 0) is 31.0 Å². The molecule has 1 aromatic rings. The van der Waals surface area contributed by atoms with Crippen molar-refractivity contribution in [3.8, 4) is 0 Å². The minimum Gasteiger partial charge on any atom is -0.399 e. The highest BCUT2D eigenvalue weighted by molar-refractivity contribution is 5.40. The molecule has 1 aromatic carbocycles. The van der Waals surface area contributed by atoms with Gasteiger partial charge in [-0.3, -0.25) is 0 Å². The van der Waals surface area contributed by atoms with Crippen molar-refractivity contribution >= 4 is 5.69 Å². The average Bonchev–Trinajstić information content (AvgIpc) is 2.37. The summed E-state index contributed by atoms with van der Waals surface area (Å²) in [6.45, 7) is 4.53. The van der Waals surface area contributed by atoms with E-state index in [4.69, 9.17) is 11.5 Å². The standard InChI is InChI=1S/C16H28N2O/c1-3-4-5-6-11-16(2,19)15(12-17)13-7-9-14(18)10-8-13/h7-10,15,19H,3-6,11-12,17-18H2,1-2H3. The molecule has 108 valence electrons.